The first kappa shape index (κ1) is 19.0. The number of aryl methyl sites for hydroxylation is 1. The monoisotopic (exact) mass is 364 g/mol. The molecule has 2 heterocycles. The summed E-state index contributed by atoms with van der Waals surface area (Å²) in [6.45, 7) is 4.04. The van der Waals surface area contributed by atoms with Gasteiger partial charge in [0.05, 0.1) is 17.2 Å². The predicted octanol–water partition coefficient (Wildman–Crippen LogP) is 2.69. The second kappa shape index (κ2) is 8.13. The fourth-order valence-corrected chi connectivity index (χ4v) is 2.99. The molecular formula is C17H21ClN4O3. The van der Waals surface area contributed by atoms with E-state index >= 15 is 0 Å². The number of hydrogen-bond acceptors (Lipinski definition) is 4. The lowest BCUT2D eigenvalue weighted by Gasteiger charge is -2.36. The first-order chi connectivity index (χ1) is 11.6. The number of nitrogens with one attached hydrogen (secondary N) is 2. The van der Waals surface area contributed by atoms with Crippen molar-refractivity contribution in [2.45, 2.75) is 19.4 Å². The van der Waals surface area contributed by atoms with Gasteiger partial charge >= 0.3 is 0 Å². The molecule has 134 valence electrons. The van der Waals surface area contributed by atoms with E-state index in [0.29, 0.717) is 19.6 Å². The summed E-state index contributed by atoms with van der Waals surface area (Å²) in [6.07, 6.45) is 2.22. The fourth-order valence-electron chi connectivity index (χ4n) is 2.99. The number of nitrogens with zero attached hydrogens (tertiary/aromatic N) is 2. The number of benzene rings is 1. The molecular weight excluding hydrogens is 344 g/mol. The molecule has 1 atom stereocenters. The molecule has 1 aromatic heterocycles. The first-order valence-corrected chi connectivity index (χ1v) is 8.03. The zero-order valence-corrected chi connectivity index (χ0v) is 14.7. The molecule has 0 aliphatic carbocycles. The molecule has 0 bridgehead atoms. The summed E-state index contributed by atoms with van der Waals surface area (Å²) in [6, 6.07) is 9.46. The van der Waals surface area contributed by atoms with Gasteiger partial charge in [0, 0.05) is 25.7 Å². The highest BCUT2D eigenvalue weighted by atomic mass is 35.5. The normalized spacial score (nSPS) is 17.0. The van der Waals surface area contributed by atoms with Gasteiger partial charge in [0.25, 0.3) is 11.6 Å². The van der Waals surface area contributed by atoms with E-state index in [2.05, 4.69) is 29.4 Å². The van der Waals surface area contributed by atoms with Crippen molar-refractivity contribution in [2.75, 3.05) is 19.6 Å². The molecule has 0 spiro atoms. The van der Waals surface area contributed by atoms with Crippen molar-refractivity contribution in [3.05, 3.63) is 63.5 Å². The van der Waals surface area contributed by atoms with E-state index in [9.17, 15) is 14.9 Å². The smallest absolute Gasteiger partial charge is 0.287 e. The molecule has 1 aliphatic rings. The summed E-state index contributed by atoms with van der Waals surface area (Å²) in [4.78, 5) is 27.6. The van der Waals surface area contributed by atoms with Gasteiger partial charge in [-0.2, -0.15) is 0 Å². The number of amides is 1. The van der Waals surface area contributed by atoms with E-state index in [0.717, 1.165) is 12.0 Å². The number of rotatable bonds is 4. The zero-order valence-electron chi connectivity index (χ0n) is 13.9. The Bertz CT molecular complexity index is 745. The largest absolute Gasteiger partial charge is 0.351 e. The summed E-state index contributed by atoms with van der Waals surface area (Å²) >= 11 is 0. The Morgan fingerprint density at radius 2 is 2.08 bits per heavy atom. The summed E-state index contributed by atoms with van der Waals surface area (Å²) in [7, 11) is 0. The van der Waals surface area contributed by atoms with Crippen molar-refractivity contribution in [2.24, 2.45) is 0 Å². The molecule has 2 aromatic rings. The van der Waals surface area contributed by atoms with E-state index in [1.807, 2.05) is 12.1 Å². The second-order valence-corrected chi connectivity index (χ2v) is 5.84. The number of piperazine rings is 1. The lowest BCUT2D eigenvalue weighted by atomic mass is 10.0. The average molecular weight is 365 g/mol. The van der Waals surface area contributed by atoms with Crippen LogP contribution < -0.4 is 5.32 Å². The number of nitro groups is 1. The highest BCUT2D eigenvalue weighted by Gasteiger charge is 2.30. The third kappa shape index (κ3) is 4.00. The minimum absolute atomic E-state index is 0. The molecule has 1 saturated heterocycles. The van der Waals surface area contributed by atoms with Crippen LogP contribution in [0.25, 0.3) is 0 Å². The van der Waals surface area contributed by atoms with Crippen molar-refractivity contribution < 1.29 is 9.72 Å². The Morgan fingerprint density at radius 1 is 1.36 bits per heavy atom. The average Bonchev–Trinajstić information content (AvgIpc) is 3.12. The zero-order chi connectivity index (χ0) is 17.1. The van der Waals surface area contributed by atoms with E-state index in [4.69, 9.17) is 0 Å². The molecule has 1 unspecified atom stereocenters. The maximum Gasteiger partial charge on any atom is 0.287 e. The third-order valence-corrected chi connectivity index (χ3v) is 4.39. The number of halogens is 1. The van der Waals surface area contributed by atoms with Crippen LogP contribution in [0.15, 0.2) is 36.5 Å². The Hall–Kier alpha value is -2.38. The lowest BCUT2D eigenvalue weighted by molar-refractivity contribution is -0.384. The van der Waals surface area contributed by atoms with Crippen LogP contribution in [0.2, 0.25) is 0 Å². The lowest BCUT2D eigenvalue weighted by Crippen LogP contribution is -2.48. The quantitative estimate of drug-likeness (QED) is 0.644. The highest BCUT2D eigenvalue weighted by Crippen LogP contribution is 2.25. The molecule has 1 aromatic carbocycles. The van der Waals surface area contributed by atoms with Crippen LogP contribution in [-0.2, 0) is 6.42 Å². The summed E-state index contributed by atoms with van der Waals surface area (Å²) < 4.78 is 0. The second-order valence-electron chi connectivity index (χ2n) is 5.84. The van der Waals surface area contributed by atoms with Gasteiger partial charge in [-0.15, -0.1) is 12.4 Å². The third-order valence-electron chi connectivity index (χ3n) is 4.39. The minimum atomic E-state index is -0.508. The molecule has 7 nitrogen and oxygen atoms in total. The first-order valence-electron chi connectivity index (χ1n) is 8.03. The Morgan fingerprint density at radius 3 is 2.68 bits per heavy atom. The highest BCUT2D eigenvalue weighted by molar-refractivity contribution is 5.93. The van der Waals surface area contributed by atoms with E-state index in [-0.39, 0.29) is 35.7 Å². The van der Waals surface area contributed by atoms with Crippen molar-refractivity contribution in [1.29, 1.82) is 0 Å². The standard InChI is InChI=1S/C17H20N4O3.ClH/c1-2-12-3-5-13(6-4-12)16-11-18-7-8-20(16)17(22)15-9-14(10-19-15)21(23)24;/h3-6,9-10,16,18-19H,2,7-8,11H2,1H3;1H. The van der Waals surface area contributed by atoms with Crippen molar-refractivity contribution in [3.8, 4) is 0 Å². The Labute approximate surface area is 152 Å². The number of H-pyrrole nitrogens is 1. The van der Waals surface area contributed by atoms with E-state index in [1.165, 1.54) is 17.8 Å². The van der Waals surface area contributed by atoms with Gasteiger partial charge in [0.15, 0.2) is 0 Å². The van der Waals surface area contributed by atoms with Gasteiger partial charge in [-0.3, -0.25) is 14.9 Å². The summed E-state index contributed by atoms with van der Waals surface area (Å²) in [5.74, 6) is -0.214. The fraction of sp³-hybridized carbons (Fsp3) is 0.353. The van der Waals surface area contributed by atoms with Crippen molar-refractivity contribution >= 4 is 24.0 Å². The van der Waals surface area contributed by atoms with Crippen LogP contribution >= 0.6 is 12.4 Å². The maximum absolute atomic E-state index is 12.8. The van der Waals surface area contributed by atoms with Crippen LogP contribution in [0, 0.1) is 10.1 Å². The molecule has 25 heavy (non-hydrogen) atoms. The predicted molar refractivity (Wildman–Crippen MR) is 97.2 cm³/mol. The molecule has 2 N–H and O–H groups in total. The minimum Gasteiger partial charge on any atom is -0.351 e. The number of aromatic nitrogens is 1. The molecule has 1 fully saturated rings. The SMILES string of the molecule is CCc1ccc(C2CNCCN2C(=O)c2cc([N+](=O)[O-])c[nH]2)cc1.Cl. The topological polar surface area (TPSA) is 91.3 Å². The van der Waals surface area contributed by atoms with Gasteiger partial charge in [0.2, 0.25) is 0 Å². The number of carbonyl (C=O) groups is 1. The molecule has 1 amide bonds. The molecule has 1 aliphatic heterocycles. The van der Waals surface area contributed by atoms with Gasteiger partial charge in [-0.25, -0.2) is 0 Å². The van der Waals surface area contributed by atoms with Crippen LogP contribution in [0.5, 0.6) is 0 Å². The number of aromatic amines is 1. The maximum atomic E-state index is 12.8. The van der Waals surface area contributed by atoms with E-state index in [1.54, 1.807) is 4.90 Å². The van der Waals surface area contributed by atoms with Crippen molar-refractivity contribution in [1.82, 2.24) is 15.2 Å². The van der Waals surface area contributed by atoms with Crippen LogP contribution in [0.4, 0.5) is 5.69 Å². The van der Waals surface area contributed by atoms with E-state index < -0.39 is 4.92 Å². The summed E-state index contributed by atoms with van der Waals surface area (Å²) in [5, 5.41) is 14.1. The number of hydrogen-bond donors (Lipinski definition) is 2. The summed E-state index contributed by atoms with van der Waals surface area (Å²) in [5.41, 5.74) is 2.46. The van der Waals surface area contributed by atoms with Gasteiger partial charge in [-0.05, 0) is 17.5 Å². The number of carbonyl (C=O) groups excluding carboxylic acids is 1. The van der Waals surface area contributed by atoms with Crippen LogP contribution in [0.1, 0.15) is 34.6 Å². The van der Waals surface area contributed by atoms with Crippen LogP contribution in [-0.4, -0.2) is 40.3 Å². The van der Waals surface area contributed by atoms with Gasteiger partial charge < -0.3 is 15.2 Å². The Kier molecular flexibility index (Phi) is 6.17. The molecule has 0 radical (unpaired) electrons. The van der Waals surface area contributed by atoms with Crippen LogP contribution in [0.3, 0.4) is 0 Å². The molecule has 0 saturated carbocycles. The van der Waals surface area contributed by atoms with Gasteiger partial charge in [0.1, 0.15) is 5.69 Å². The van der Waals surface area contributed by atoms with Crippen molar-refractivity contribution in [3.63, 3.8) is 0 Å². The Balaban J connectivity index is 0.00000225. The molecule has 3 rings (SSSR count). The van der Waals surface area contributed by atoms with Gasteiger partial charge in [-0.1, -0.05) is 31.2 Å². The molecule has 8 heteroatoms.